The van der Waals surface area contributed by atoms with Crippen molar-refractivity contribution in [2.75, 3.05) is 11.9 Å². The smallest absolute Gasteiger partial charge is 0.343 e. The first-order valence-electron chi connectivity index (χ1n) is 9.94. The summed E-state index contributed by atoms with van der Waals surface area (Å²) in [6, 6.07) is 4.25. The van der Waals surface area contributed by atoms with Crippen molar-refractivity contribution < 1.29 is 23.8 Å². The molecule has 0 aliphatic carbocycles. The third-order valence-electron chi connectivity index (χ3n) is 6.08. The number of ether oxygens (including phenoxy) is 1. The molecule has 2 aromatic rings. The number of likely N-dealkylation sites (N-methyl/N-ethyl adjacent to an activating group) is 1. The van der Waals surface area contributed by atoms with Crippen molar-refractivity contribution in [2.45, 2.75) is 39.0 Å². The van der Waals surface area contributed by atoms with Crippen molar-refractivity contribution in [2.24, 2.45) is 0 Å². The predicted octanol–water partition coefficient (Wildman–Crippen LogP) is 2.96. The number of aryl methyl sites for hydroxylation is 1. The van der Waals surface area contributed by atoms with Crippen LogP contribution in [0.3, 0.4) is 0 Å². The van der Waals surface area contributed by atoms with E-state index < -0.39 is 22.9 Å². The number of pyridine rings is 1. The summed E-state index contributed by atoms with van der Waals surface area (Å²) in [7, 11) is 1.79. The van der Waals surface area contributed by atoms with E-state index in [2.05, 4.69) is 0 Å². The van der Waals surface area contributed by atoms with Gasteiger partial charge in [0.1, 0.15) is 18.4 Å². The van der Waals surface area contributed by atoms with Crippen LogP contribution in [0.15, 0.2) is 38.5 Å². The third-order valence-corrected chi connectivity index (χ3v) is 7.24. The van der Waals surface area contributed by atoms with E-state index in [0.29, 0.717) is 26.1 Å². The van der Waals surface area contributed by atoms with Crippen LogP contribution < -0.4 is 10.5 Å². The minimum absolute atomic E-state index is 0.0776. The van der Waals surface area contributed by atoms with Gasteiger partial charge in [0.15, 0.2) is 5.60 Å². The molecule has 2 aliphatic rings. The van der Waals surface area contributed by atoms with Gasteiger partial charge in [0.2, 0.25) is 0 Å². The summed E-state index contributed by atoms with van der Waals surface area (Å²) in [6.45, 7) is 3.28. The van der Waals surface area contributed by atoms with Gasteiger partial charge in [-0.2, -0.15) is 0 Å². The molecule has 1 aromatic carbocycles. The topological polar surface area (TPSA) is 88.8 Å². The quantitative estimate of drug-likeness (QED) is 0.360. The van der Waals surface area contributed by atoms with Gasteiger partial charge in [-0.25, -0.2) is 14.0 Å². The van der Waals surface area contributed by atoms with Gasteiger partial charge in [0, 0.05) is 24.4 Å². The lowest BCUT2D eigenvalue weighted by molar-refractivity contribution is -0.172. The zero-order valence-corrected chi connectivity index (χ0v) is 19.8. The number of halogens is 2. The maximum Gasteiger partial charge on any atom is 0.343 e. The van der Waals surface area contributed by atoms with E-state index in [9.17, 15) is 23.9 Å². The minimum atomic E-state index is -1.85. The molecule has 0 amide bonds. The van der Waals surface area contributed by atoms with E-state index >= 15 is 0 Å². The highest BCUT2D eigenvalue weighted by atomic mass is 127. The lowest BCUT2D eigenvalue weighted by Gasteiger charge is -2.34. The van der Waals surface area contributed by atoms with Crippen LogP contribution in [0.1, 0.15) is 35.6 Å². The van der Waals surface area contributed by atoms with Crippen LogP contribution in [0.25, 0.3) is 5.57 Å². The molecule has 0 radical (unpaired) electrons. The van der Waals surface area contributed by atoms with Crippen molar-refractivity contribution in [3.8, 4) is 0 Å². The summed E-state index contributed by atoms with van der Waals surface area (Å²) in [4.78, 5) is 38.9. The van der Waals surface area contributed by atoms with Crippen LogP contribution in [0.5, 0.6) is 0 Å². The van der Waals surface area contributed by atoms with E-state index in [0.717, 1.165) is 0 Å². The van der Waals surface area contributed by atoms with Gasteiger partial charge in [0.25, 0.3) is 5.56 Å². The Balaban J connectivity index is 1.83. The van der Waals surface area contributed by atoms with Crippen molar-refractivity contribution >= 4 is 45.8 Å². The predicted molar refractivity (Wildman–Crippen MR) is 124 cm³/mol. The molecule has 0 bridgehead atoms. The van der Waals surface area contributed by atoms with Crippen molar-refractivity contribution in [1.29, 1.82) is 0 Å². The summed E-state index contributed by atoms with van der Waals surface area (Å²) in [5.41, 5.74) is 0.877. The molecule has 0 saturated carbocycles. The Morgan fingerprint density at radius 1 is 1.34 bits per heavy atom. The number of aliphatic hydroxyl groups is 1. The average Bonchev–Trinajstić information content (AvgIpc) is 2.75. The Morgan fingerprint density at radius 2 is 2.06 bits per heavy atom. The number of aromatic nitrogens is 1. The molecular formula is C23H20FIN2O5. The zero-order chi connectivity index (χ0) is 23.4. The van der Waals surface area contributed by atoms with Gasteiger partial charge < -0.3 is 19.3 Å². The molecule has 0 unspecified atom stereocenters. The summed E-state index contributed by atoms with van der Waals surface area (Å²) in [6.07, 6.45) is 1.59. The molecule has 3 heterocycles. The largest absolute Gasteiger partial charge is 0.458 e. The molecular weight excluding hydrogens is 530 g/mol. The number of esters is 1. The number of hydrogen-bond acceptors (Lipinski definition) is 6. The van der Waals surface area contributed by atoms with Crippen molar-refractivity contribution in [3.63, 3.8) is 0 Å². The minimum Gasteiger partial charge on any atom is -0.458 e. The molecule has 0 saturated heterocycles. The maximum atomic E-state index is 14.0. The highest BCUT2D eigenvalue weighted by Gasteiger charge is 2.44. The molecule has 1 atom stereocenters. The third kappa shape index (κ3) is 3.23. The number of hydrogen-bond donors (Lipinski definition) is 1. The van der Waals surface area contributed by atoms with Crippen molar-refractivity contribution in [3.05, 3.63) is 72.1 Å². The summed E-state index contributed by atoms with van der Waals surface area (Å²) in [5.74, 6) is 0.704. The Morgan fingerprint density at radius 3 is 2.72 bits per heavy atom. The van der Waals surface area contributed by atoms with Crippen LogP contribution >= 0.6 is 22.6 Å². The van der Waals surface area contributed by atoms with Gasteiger partial charge in [-0.3, -0.25) is 4.79 Å². The second-order valence-electron chi connectivity index (χ2n) is 7.85. The highest BCUT2D eigenvalue weighted by Crippen LogP contribution is 2.44. The first kappa shape index (κ1) is 22.4. The maximum absolute atomic E-state index is 14.0. The first-order chi connectivity index (χ1) is 15.1. The number of carbonyl (C=O) groups is 1. The summed E-state index contributed by atoms with van der Waals surface area (Å²) < 4.78 is 21.1. The number of benzene rings is 1. The molecule has 4 rings (SSSR count). The first-order valence-corrected chi connectivity index (χ1v) is 11.0. The highest BCUT2D eigenvalue weighted by molar-refractivity contribution is 14.1. The van der Waals surface area contributed by atoms with Crippen LogP contribution in [0, 0.1) is 12.7 Å². The second kappa shape index (κ2) is 7.99. The Bertz CT molecular complexity index is 1310. The molecule has 0 spiro atoms. The Kier molecular flexibility index (Phi) is 5.60. The van der Waals surface area contributed by atoms with Gasteiger partial charge in [-0.1, -0.05) is 6.92 Å². The number of fused-ring (bicyclic) bond motifs is 2. The molecule has 2 aliphatic heterocycles. The molecule has 166 valence electrons. The van der Waals surface area contributed by atoms with E-state index in [-0.39, 0.29) is 36.3 Å². The van der Waals surface area contributed by atoms with Gasteiger partial charge in [0.05, 0.1) is 32.6 Å². The molecule has 9 heteroatoms. The van der Waals surface area contributed by atoms with Crippen molar-refractivity contribution in [1.82, 2.24) is 4.57 Å². The molecule has 7 nitrogen and oxygen atoms in total. The molecule has 1 N–H and O–H groups in total. The molecule has 0 fully saturated rings. The van der Waals surface area contributed by atoms with E-state index in [4.69, 9.17) is 4.74 Å². The average molecular weight is 550 g/mol. The standard InChI is InChI=1S/C23H20FIN2O5/c1-4-23(31)17-5-6-27(21(29)16(17)11-32-22(23)30)9-18-19(25)15(10-28)14-8-13(24)7-12(2)20(14)26(18)3/h5-8,31H,4,9,11H2,1-3H3/t23-/m0/s1. The number of anilines is 1. The van der Waals surface area contributed by atoms with E-state index in [1.54, 1.807) is 27.0 Å². The van der Waals surface area contributed by atoms with Gasteiger partial charge in [-0.05, 0) is 59.7 Å². The second-order valence-corrected chi connectivity index (χ2v) is 8.93. The zero-order valence-electron chi connectivity index (χ0n) is 17.7. The molecule has 32 heavy (non-hydrogen) atoms. The van der Waals surface area contributed by atoms with Gasteiger partial charge >= 0.3 is 5.97 Å². The van der Waals surface area contributed by atoms with E-state index in [1.165, 1.54) is 22.9 Å². The summed E-state index contributed by atoms with van der Waals surface area (Å²) in [5, 5.41) is 10.7. The fourth-order valence-electron chi connectivity index (χ4n) is 4.33. The van der Waals surface area contributed by atoms with Gasteiger partial charge in [-0.15, -0.1) is 0 Å². The Labute approximate surface area is 196 Å². The van der Waals surface area contributed by atoms with Crippen LogP contribution in [0.4, 0.5) is 10.1 Å². The van der Waals surface area contributed by atoms with Crippen LogP contribution in [0.2, 0.25) is 0 Å². The Hall–Kier alpha value is -2.75. The monoisotopic (exact) mass is 550 g/mol. The fourth-order valence-corrected chi connectivity index (χ4v) is 5.26. The normalized spacial score (nSPS) is 20.0. The SMILES string of the molecule is CC[C@@]1(O)C(=O)OCc2c1ccn(CC1=C(I)C(=C=O)c3cc(F)cc(C)c3N1C)c2=O. The fraction of sp³-hybridized carbons (Fsp3) is 0.304. The van der Waals surface area contributed by atoms with Crippen LogP contribution in [-0.4, -0.2) is 28.6 Å². The number of carbonyl (C=O) groups excluding carboxylic acids is 2. The van der Waals surface area contributed by atoms with E-state index in [1.807, 2.05) is 33.4 Å². The lowest BCUT2D eigenvalue weighted by atomic mass is 9.87. The summed E-state index contributed by atoms with van der Waals surface area (Å²) >= 11 is 2.00. The number of rotatable bonds is 3. The van der Waals surface area contributed by atoms with Crippen LogP contribution in [-0.2, 0) is 33.1 Å². The number of nitrogens with zero attached hydrogens (tertiary/aromatic N) is 2. The molecule has 1 aromatic heterocycles. The lowest BCUT2D eigenvalue weighted by Crippen LogP contribution is -2.44. The number of allylic oxidation sites excluding steroid dienone is 3. The number of cyclic esters (lactones) is 1.